The maximum atomic E-state index is 13.8. The van der Waals surface area contributed by atoms with Crippen molar-refractivity contribution in [2.45, 2.75) is 64.1 Å². The molecule has 2 aromatic heterocycles. The number of aromatic nitrogens is 2. The van der Waals surface area contributed by atoms with Gasteiger partial charge in [0, 0.05) is 25.1 Å². The molecule has 1 aliphatic heterocycles. The van der Waals surface area contributed by atoms with Gasteiger partial charge in [0.2, 0.25) is 11.8 Å². The third-order valence-electron chi connectivity index (χ3n) is 6.98. The molecule has 4 rings (SSSR count). The van der Waals surface area contributed by atoms with Gasteiger partial charge in [0.05, 0.1) is 12.6 Å². The summed E-state index contributed by atoms with van der Waals surface area (Å²) in [6.07, 6.45) is 10.9. The van der Waals surface area contributed by atoms with E-state index in [1.807, 2.05) is 18.2 Å². The number of hydrogen-bond donors (Lipinski definition) is 2. The fraction of sp³-hybridized carbons (Fsp3) is 0.520. The van der Waals surface area contributed by atoms with Gasteiger partial charge in [0.1, 0.15) is 11.7 Å². The van der Waals surface area contributed by atoms with E-state index in [1.54, 1.807) is 42.0 Å². The normalized spacial score (nSPS) is 17.9. The molecule has 1 aliphatic carbocycles. The monoisotopic (exact) mass is 451 g/mol. The predicted octanol–water partition coefficient (Wildman–Crippen LogP) is 1.85. The Bertz CT molecular complexity index is 1050. The smallest absolute Gasteiger partial charge is 0.275 e. The Morgan fingerprint density at radius 1 is 1.15 bits per heavy atom. The number of nitrogens with one attached hydrogen (secondary N) is 2. The van der Waals surface area contributed by atoms with Gasteiger partial charge in [0.15, 0.2) is 0 Å². The molecule has 0 radical (unpaired) electrons. The van der Waals surface area contributed by atoms with Crippen LogP contribution in [0.5, 0.6) is 0 Å². The Labute approximate surface area is 194 Å². The van der Waals surface area contributed by atoms with E-state index in [2.05, 4.69) is 15.6 Å². The summed E-state index contributed by atoms with van der Waals surface area (Å²) >= 11 is 0. The van der Waals surface area contributed by atoms with E-state index in [0.29, 0.717) is 25.2 Å². The Kier molecular flexibility index (Phi) is 7.23. The molecule has 1 fully saturated rings. The number of fused-ring (bicyclic) bond motifs is 1. The van der Waals surface area contributed by atoms with Gasteiger partial charge < -0.3 is 20.1 Å². The number of amides is 2. The lowest BCUT2D eigenvalue weighted by Gasteiger charge is -2.33. The van der Waals surface area contributed by atoms with E-state index in [1.165, 1.54) is 0 Å². The SMILES string of the molecule is CN[C@@H](C)C(=O)N[C@H](C(=O)N1CCc2ccn(Cc3ccncc3)c(=O)c21)C1CCCCC1. The van der Waals surface area contributed by atoms with Gasteiger partial charge in [-0.05, 0) is 68.5 Å². The number of pyridine rings is 2. The van der Waals surface area contributed by atoms with Crippen LogP contribution in [0.4, 0.5) is 5.69 Å². The first kappa shape index (κ1) is 23.2. The second-order valence-electron chi connectivity index (χ2n) is 9.11. The zero-order chi connectivity index (χ0) is 23.4. The molecule has 8 nitrogen and oxygen atoms in total. The highest BCUT2D eigenvalue weighted by molar-refractivity contribution is 6.01. The molecular weight excluding hydrogens is 418 g/mol. The molecule has 2 amide bonds. The van der Waals surface area contributed by atoms with Gasteiger partial charge in [-0.25, -0.2) is 0 Å². The molecule has 2 aromatic rings. The molecule has 0 saturated heterocycles. The van der Waals surface area contributed by atoms with Crippen molar-refractivity contribution in [1.29, 1.82) is 0 Å². The molecule has 176 valence electrons. The fourth-order valence-electron chi connectivity index (χ4n) is 4.89. The summed E-state index contributed by atoms with van der Waals surface area (Å²) in [6, 6.07) is 4.67. The molecule has 3 heterocycles. The molecule has 2 atom stereocenters. The maximum Gasteiger partial charge on any atom is 0.275 e. The first-order chi connectivity index (χ1) is 16.0. The standard InChI is InChI=1S/C25H33N5O3/c1-17(26-2)23(31)28-21(19-6-4-3-5-7-19)24(32)30-15-11-20-10-14-29(25(33)22(20)30)16-18-8-12-27-13-9-18/h8-10,12-14,17,19,21,26H,3-7,11,15-16H2,1-2H3,(H,28,31)/t17-,21-/m0/s1. The lowest BCUT2D eigenvalue weighted by molar-refractivity contribution is -0.130. The molecule has 0 spiro atoms. The lowest BCUT2D eigenvalue weighted by Crippen LogP contribution is -2.56. The van der Waals surface area contributed by atoms with Crippen molar-refractivity contribution < 1.29 is 9.59 Å². The zero-order valence-corrected chi connectivity index (χ0v) is 19.4. The second-order valence-corrected chi connectivity index (χ2v) is 9.11. The van der Waals surface area contributed by atoms with Crippen LogP contribution in [0.3, 0.4) is 0 Å². The van der Waals surface area contributed by atoms with Crippen LogP contribution in [0.15, 0.2) is 41.6 Å². The highest BCUT2D eigenvalue weighted by Crippen LogP contribution is 2.30. The number of nitrogens with zero attached hydrogens (tertiary/aromatic N) is 3. The summed E-state index contributed by atoms with van der Waals surface area (Å²) in [5.41, 5.74) is 2.13. The number of anilines is 1. The molecule has 0 aromatic carbocycles. The van der Waals surface area contributed by atoms with Gasteiger partial charge in [-0.3, -0.25) is 19.4 Å². The number of rotatable bonds is 7. The van der Waals surface area contributed by atoms with Crippen molar-refractivity contribution in [1.82, 2.24) is 20.2 Å². The quantitative estimate of drug-likeness (QED) is 0.670. The Morgan fingerprint density at radius 2 is 1.88 bits per heavy atom. The molecule has 8 heteroatoms. The fourth-order valence-corrected chi connectivity index (χ4v) is 4.89. The average Bonchev–Trinajstić information content (AvgIpc) is 3.29. The van der Waals surface area contributed by atoms with Gasteiger partial charge in [0.25, 0.3) is 5.56 Å². The van der Waals surface area contributed by atoms with Crippen LogP contribution in [-0.2, 0) is 22.6 Å². The maximum absolute atomic E-state index is 13.8. The van der Waals surface area contributed by atoms with E-state index in [4.69, 9.17) is 0 Å². The summed E-state index contributed by atoms with van der Waals surface area (Å²) in [7, 11) is 1.73. The highest BCUT2D eigenvalue weighted by Gasteiger charge is 2.38. The molecule has 0 bridgehead atoms. The van der Waals surface area contributed by atoms with Crippen molar-refractivity contribution in [3.05, 3.63) is 58.3 Å². The topological polar surface area (TPSA) is 96.3 Å². The minimum Gasteiger partial charge on any atom is -0.343 e. The van der Waals surface area contributed by atoms with Crippen LogP contribution >= 0.6 is 0 Å². The van der Waals surface area contributed by atoms with Crippen LogP contribution in [0, 0.1) is 5.92 Å². The van der Waals surface area contributed by atoms with Crippen LogP contribution in [0.25, 0.3) is 0 Å². The van der Waals surface area contributed by atoms with Crippen molar-refractivity contribution in [2.75, 3.05) is 18.5 Å². The molecule has 1 saturated carbocycles. The summed E-state index contributed by atoms with van der Waals surface area (Å²) in [4.78, 5) is 45.6. The van der Waals surface area contributed by atoms with Crippen LogP contribution in [-0.4, -0.2) is 47.0 Å². The molecular formula is C25H33N5O3. The first-order valence-corrected chi connectivity index (χ1v) is 11.9. The van der Waals surface area contributed by atoms with E-state index in [0.717, 1.165) is 43.2 Å². The number of hydrogen-bond acceptors (Lipinski definition) is 5. The van der Waals surface area contributed by atoms with Crippen molar-refractivity contribution >= 4 is 17.5 Å². The largest absolute Gasteiger partial charge is 0.343 e. The van der Waals surface area contributed by atoms with E-state index >= 15 is 0 Å². The molecule has 33 heavy (non-hydrogen) atoms. The molecule has 2 N–H and O–H groups in total. The van der Waals surface area contributed by atoms with Gasteiger partial charge in [-0.2, -0.15) is 0 Å². The summed E-state index contributed by atoms with van der Waals surface area (Å²) in [5, 5.41) is 5.95. The van der Waals surface area contributed by atoms with Crippen molar-refractivity contribution in [3.63, 3.8) is 0 Å². The Balaban J connectivity index is 1.62. The molecule has 2 aliphatic rings. The lowest BCUT2D eigenvalue weighted by atomic mass is 9.83. The predicted molar refractivity (Wildman–Crippen MR) is 127 cm³/mol. The second kappa shape index (κ2) is 10.3. The van der Waals surface area contributed by atoms with Crippen LogP contribution in [0.2, 0.25) is 0 Å². The Hall–Kier alpha value is -3.00. The summed E-state index contributed by atoms with van der Waals surface area (Å²) in [5.74, 6) is -0.272. The molecule has 0 unspecified atom stereocenters. The van der Waals surface area contributed by atoms with Gasteiger partial charge >= 0.3 is 0 Å². The van der Waals surface area contributed by atoms with Crippen molar-refractivity contribution in [3.8, 4) is 0 Å². The minimum atomic E-state index is -0.618. The number of likely N-dealkylation sites (N-methyl/N-ethyl adjacent to an activating group) is 1. The number of carbonyl (C=O) groups excluding carboxylic acids is 2. The Morgan fingerprint density at radius 3 is 2.58 bits per heavy atom. The average molecular weight is 452 g/mol. The van der Waals surface area contributed by atoms with Crippen LogP contribution < -0.4 is 21.1 Å². The van der Waals surface area contributed by atoms with E-state index in [-0.39, 0.29) is 23.3 Å². The van der Waals surface area contributed by atoms with Gasteiger partial charge in [-0.15, -0.1) is 0 Å². The summed E-state index contributed by atoms with van der Waals surface area (Å²) in [6.45, 7) is 2.66. The zero-order valence-electron chi connectivity index (χ0n) is 19.4. The first-order valence-electron chi connectivity index (χ1n) is 11.9. The van der Waals surface area contributed by atoms with Crippen molar-refractivity contribution in [2.24, 2.45) is 5.92 Å². The minimum absolute atomic E-state index is 0.0889. The summed E-state index contributed by atoms with van der Waals surface area (Å²) < 4.78 is 1.64. The van der Waals surface area contributed by atoms with E-state index < -0.39 is 12.1 Å². The van der Waals surface area contributed by atoms with Gasteiger partial charge in [-0.1, -0.05) is 19.3 Å². The third-order valence-corrected chi connectivity index (χ3v) is 6.98. The highest BCUT2D eigenvalue weighted by atomic mass is 16.2. The number of carbonyl (C=O) groups is 2. The van der Waals surface area contributed by atoms with E-state index in [9.17, 15) is 14.4 Å². The van der Waals surface area contributed by atoms with Crippen LogP contribution in [0.1, 0.15) is 50.2 Å². The third kappa shape index (κ3) is 5.00.